The van der Waals surface area contributed by atoms with E-state index in [4.69, 9.17) is 12.2 Å². The molecule has 3 nitrogen and oxygen atoms in total. The molecule has 0 fully saturated rings. The number of anilines is 1. The minimum atomic E-state index is -0.00861. The fourth-order valence-corrected chi connectivity index (χ4v) is 1.46. The van der Waals surface area contributed by atoms with Crippen molar-refractivity contribution in [3.63, 3.8) is 0 Å². The molecule has 1 aromatic carbocycles. The molecule has 0 bridgehead atoms. The zero-order valence-electron chi connectivity index (χ0n) is 8.91. The zero-order valence-corrected chi connectivity index (χ0v) is 9.73. The molecule has 1 aromatic rings. The second-order valence-electron chi connectivity index (χ2n) is 3.54. The third kappa shape index (κ3) is 2.39. The molecule has 4 heteroatoms. The Kier molecular flexibility index (Phi) is 3.77. The van der Waals surface area contributed by atoms with Gasteiger partial charge in [-0.2, -0.15) is 0 Å². The summed E-state index contributed by atoms with van der Waals surface area (Å²) in [5.74, 6) is 0. The molecule has 0 spiro atoms. The summed E-state index contributed by atoms with van der Waals surface area (Å²) >= 11 is 4.94. The lowest BCUT2D eigenvalue weighted by molar-refractivity contribution is 0.360. The van der Waals surface area contributed by atoms with Crippen LogP contribution < -0.4 is 10.3 Å². The van der Waals surface area contributed by atoms with E-state index in [0.29, 0.717) is 4.51 Å². The maximum Gasteiger partial charge on any atom is 0.200 e. The number of hydrogen-bond donors (Lipinski definition) is 0. The summed E-state index contributed by atoms with van der Waals surface area (Å²) in [5.41, 5.74) is 0.903. The second kappa shape index (κ2) is 4.66. The van der Waals surface area contributed by atoms with E-state index >= 15 is 0 Å². The molecule has 0 aliphatic rings. The highest BCUT2D eigenvalue weighted by Gasteiger charge is 2.10. The van der Waals surface area contributed by atoms with Crippen LogP contribution in [0, 0.1) is 4.51 Å². The summed E-state index contributed by atoms with van der Waals surface area (Å²) in [6, 6.07) is 1.61. The molecule has 0 aliphatic heterocycles. The molecule has 0 heterocycles. The SMILES string of the molecule is CCN(C)CCN(C)c1cc(=O)c1=S. The molecular formula is C10H16N2OS. The lowest BCUT2D eigenvalue weighted by Crippen LogP contribution is -2.32. The quantitative estimate of drug-likeness (QED) is 0.680. The fraction of sp³-hybridized carbons (Fsp3) is 0.600. The first kappa shape index (κ1) is 11.3. The highest BCUT2D eigenvalue weighted by Crippen LogP contribution is 2.12. The third-order valence-electron chi connectivity index (χ3n) is 2.49. The van der Waals surface area contributed by atoms with Crippen molar-refractivity contribution >= 4 is 17.9 Å². The molecule has 0 N–H and O–H groups in total. The van der Waals surface area contributed by atoms with Crippen LogP contribution in [0.2, 0.25) is 0 Å². The van der Waals surface area contributed by atoms with Crippen LogP contribution in [0.3, 0.4) is 0 Å². The van der Waals surface area contributed by atoms with Gasteiger partial charge in [0, 0.05) is 26.2 Å². The summed E-state index contributed by atoms with van der Waals surface area (Å²) in [6.45, 7) is 5.05. The first-order valence-electron chi connectivity index (χ1n) is 4.76. The summed E-state index contributed by atoms with van der Waals surface area (Å²) < 4.78 is 0.478. The van der Waals surface area contributed by atoms with Crippen molar-refractivity contribution in [2.24, 2.45) is 0 Å². The number of hydrogen-bond acceptors (Lipinski definition) is 4. The van der Waals surface area contributed by atoms with E-state index in [1.165, 1.54) is 0 Å². The van der Waals surface area contributed by atoms with Gasteiger partial charge in [0.15, 0.2) is 0 Å². The first-order chi connectivity index (χ1) is 6.56. The smallest absolute Gasteiger partial charge is 0.200 e. The van der Waals surface area contributed by atoms with E-state index < -0.39 is 0 Å². The lowest BCUT2D eigenvalue weighted by Gasteiger charge is -2.23. The third-order valence-corrected chi connectivity index (χ3v) is 2.90. The van der Waals surface area contributed by atoms with Gasteiger partial charge in [-0.25, -0.2) is 0 Å². The van der Waals surface area contributed by atoms with Gasteiger partial charge >= 0.3 is 0 Å². The molecule has 78 valence electrons. The Bertz CT molecular complexity index is 368. The molecular weight excluding hydrogens is 196 g/mol. The van der Waals surface area contributed by atoms with Crippen molar-refractivity contribution in [1.29, 1.82) is 0 Å². The topological polar surface area (TPSA) is 23.6 Å². The van der Waals surface area contributed by atoms with E-state index in [1.54, 1.807) is 6.07 Å². The van der Waals surface area contributed by atoms with Crippen LogP contribution >= 0.6 is 12.2 Å². The lowest BCUT2D eigenvalue weighted by atomic mass is 10.2. The van der Waals surface area contributed by atoms with Crippen LogP contribution in [0.5, 0.6) is 0 Å². The second-order valence-corrected chi connectivity index (χ2v) is 3.95. The Labute approximate surface area is 89.6 Å². The first-order valence-corrected chi connectivity index (χ1v) is 5.17. The van der Waals surface area contributed by atoms with E-state index in [2.05, 4.69) is 18.9 Å². The highest BCUT2D eigenvalue weighted by atomic mass is 32.1. The van der Waals surface area contributed by atoms with Gasteiger partial charge in [0.2, 0.25) is 5.43 Å². The summed E-state index contributed by atoms with van der Waals surface area (Å²) in [5, 5.41) is 0. The molecule has 0 saturated carbocycles. The molecule has 0 aliphatic carbocycles. The number of nitrogens with zero attached hydrogens (tertiary/aromatic N) is 2. The zero-order chi connectivity index (χ0) is 10.7. The van der Waals surface area contributed by atoms with Crippen LogP contribution in [0.15, 0.2) is 10.9 Å². The van der Waals surface area contributed by atoms with Gasteiger partial charge in [-0.15, -0.1) is 0 Å². The minimum absolute atomic E-state index is 0.00861. The monoisotopic (exact) mass is 212 g/mol. The van der Waals surface area contributed by atoms with Crippen LogP contribution in [0.25, 0.3) is 0 Å². The molecule has 0 aromatic heterocycles. The van der Waals surface area contributed by atoms with Gasteiger partial charge in [-0.05, 0) is 13.6 Å². The maximum absolute atomic E-state index is 10.9. The molecule has 0 radical (unpaired) electrons. The van der Waals surface area contributed by atoms with Crippen LogP contribution in [0.1, 0.15) is 6.92 Å². The van der Waals surface area contributed by atoms with E-state index in [9.17, 15) is 4.79 Å². The molecule has 0 atom stereocenters. The predicted molar refractivity (Wildman–Crippen MR) is 62.4 cm³/mol. The Morgan fingerprint density at radius 1 is 1.36 bits per heavy atom. The van der Waals surface area contributed by atoms with Gasteiger partial charge in [0.05, 0.1) is 5.69 Å². The van der Waals surface area contributed by atoms with Crippen molar-refractivity contribution in [2.75, 3.05) is 38.6 Å². The number of likely N-dealkylation sites (N-methyl/N-ethyl adjacent to an activating group) is 2. The van der Waals surface area contributed by atoms with E-state index in [0.717, 1.165) is 25.3 Å². The van der Waals surface area contributed by atoms with Crippen LogP contribution in [-0.4, -0.2) is 38.6 Å². The van der Waals surface area contributed by atoms with Gasteiger partial charge in [0.1, 0.15) is 4.51 Å². The Balaban J connectivity index is 2.45. The summed E-state index contributed by atoms with van der Waals surface area (Å²) in [7, 11) is 4.04. The summed E-state index contributed by atoms with van der Waals surface area (Å²) in [6.07, 6.45) is 0. The fourth-order valence-electron chi connectivity index (χ4n) is 1.19. The van der Waals surface area contributed by atoms with Gasteiger partial charge < -0.3 is 9.80 Å². The average Bonchev–Trinajstić information content (AvgIpc) is 2.21. The Morgan fingerprint density at radius 3 is 2.43 bits per heavy atom. The van der Waals surface area contributed by atoms with Gasteiger partial charge in [-0.3, -0.25) is 4.79 Å². The standard InChI is InChI=1S/C10H16N2OS/c1-4-11(2)5-6-12(3)8-7-9(13)10(8)14/h7H,4-6H2,1-3H3. The number of rotatable bonds is 5. The normalized spacial score (nSPS) is 11.1. The van der Waals surface area contributed by atoms with Gasteiger partial charge in [-0.1, -0.05) is 19.1 Å². The predicted octanol–water partition coefficient (Wildman–Crippen LogP) is 1.04. The minimum Gasteiger partial charge on any atom is -0.372 e. The van der Waals surface area contributed by atoms with Crippen molar-refractivity contribution < 1.29 is 0 Å². The molecule has 0 amide bonds. The molecule has 0 unspecified atom stereocenters. The van der Waals surface area contributed by atoms with E-state index in [1.807, 2.05) is 11.9 Å². The highest BCUT2D eigenvalue weighted by molar-refractivity contribution is 7.71. The van der Waals surface area contributed by atoms with Crippen molar-refractivity contribution in [2.45, 2.75) is 6.92 Å². The molecule has 0 saturated heterocycles. The molecule has 14 heavy (non-hydrogen) atoms. The summed E-state index contributed by atoms with van der Waals surface area (Å²) in [4.78, 5) is 15.1. The maximum atomic E-state index is 10.9. The van der Waals surface area contributed by atoms with Crippen molar-refractivity contribution in [3.8, 4) is 0 Å². The average molecular weight is 212 g/mol. The molecule has 1 rings (SSSR count). The largest absolute Gasteiger partial charge is 0.372 e. The Morgan fingerprint density at radius 2 is 2.00 bits per heavy atom. The van der Waals surface area contributed by atoms with Crippen molar-refractivity contribution in [1.82, 2.24) is 4.90 Å². The van der Waals surface area contributed by atoms with Gasteiger partial charge in [0.25, 0.3) is 0 Å². The van der Waals surface area contributed by atoms with Crippen LogP contribution in [-0.2, 0) is 0 Å². The van der Waals surface area contributed by atoms with E-state index in [-0.39, 0.29) is 5.43 Å². The van der Waals surface area contributed by atoms with Crippen molar-refractivity contribution in [3.05, 3.63) is 20.8 Å². The van der Waals surface area contributed by atoms with Crippen LogP contribution in [0.4, 0.5) is 5.69 Å². The Hall–Kier alpha value is -0.740.